The number of nitrogens with zero attached hydrogens (tertiary/aromatic N) is 1. The molecule has 1 rings (SSSR count). The van der Waals surface area contributed by atoms with Gasteiger partial charge in [0, 0.05) is 6.20 Å². The molecule has 0 spiro atoms. The van der Waals surface area contributed by atoms with E-state index in [1.165, 1.54) is 12.1 Å². The van der Waals surface area contributed by atoms with Gasteiger partial charge in [0.25, 0.3) is 0 Å². The quantitative estimate of drug-likeness (QED) is 0.782. The van der Waals surface area contributed by atoms with Gasteiger partial charge < -0.3 is 5.73 Å². The van der Waals surface area contributed by atoms with E-state index in [-0.39, 0.29) is 5.56 Å². The second kappa shape index (κ2) is 3.63. The minimum Gasteiger partial charge on any atom is -0.316 e. The van der Waals surface area contributed by atoms with Gasteiger partial charge in [0.15, 0.2) is 0 Å². The summed E-state index contributed by atoms with van der Waals surface area (Å²) < 4.78 is 36.7. The number of pyridine rings is 1. The Balaban J connectivity index is 2.90. The van der Waals surface area contributed by atoms with E-state index < -0.39 is 12.2 Å². The normalized spacial score (nSPS) is 14.2. The van der Waals surface area contributed by atoms with Crippen molar-refractivity contribution in [2.24, 2.45) is 5.73 Å². The van der Waals surface area contributed by atoms with E-state index in [0.717, 1.165) is 6.20 Å². The number of halogens is 4. The molecule has 0 aliphatic heterocycles. The lowest BCUT2D eigenvalue weighted by atomic mass is 10.1. The van der Waals surface area contributed by atoms with Crippen LogP contribution in [0.4, 0.5) is 13.2 Å². The molecule has 0 amide bonds. The zero-order chi connectivity index (χ0) is 10.1. The highest BCUT2D eigenvalue weighted by Crippen LogP contribution is 2.30. The molecule has 0 aliphatic carbocycles. The van der Waals surface area contributed by atoms with Crippen molar-refractivity contribution in [3.05, 3.63) is 28.5 Å². The summed E-state index contributed by atoms with van der Waals surface area (Å²) >= 11 is 3.01. The average molecular weight is 255 g/mol. The molecule has 0 saturated heterocycles. The Labute approximate surface area is 81.1 Å². The summed E-state index contributed by atoms with van der Waals surface area (Å²) in [5, 5.41) is 0. The third-order valence-corrected chi connectivity index (χ3v) is 1.93. The Hall–Kier alpha value is -0.620. The molecule has 6 heteroatoms. The van der Waals surface area contributed by atoms with E-state index in [0.29, 0.717) is 4.60 Å². The maximum atomic E-state index is 12.1. The first-order chi connectivity index (χ1) is 5.91. The van der Waals surface area contributed by atoms with Gasteiger partial charge in [-0.05, 0) is 27.6 Å². The first kappa shape index (κ1) is 10.5. The Morgan fingerprint density at radius 3 is 2.38 bits per heavy atom. The van der Waals surface area contributed by atoms with Gasteiger partial charge >= 0.3 is 6.18 Å². The van der Waals surface area contributed by atoms with Crippen LogP contribution in [0.1, 0.15) is 11.6 Å². The van der Waals surface area contributed by atoms with Gasteiger partial charge in [0.05, 0.1) is 0 Å². The average Bonchev–Trinajstić information content (AvgIpc) is 2.03. The van der Waals surface area contributed by atoms with Crippen LogP contribution in [0.2, 0.25) is 0 Å². The van der Waals surface area contributed by atoms with Crippen molar-refractivity contribution >= 4 is 15.9 Å². The van der Waals surface area contributed by atoms with Crippen molar-refractivity contribution in [3.63, 3.8) is 0 Å². The second-order valence-electron chi connectivity index (χ2n) is 2.43. The van der Waals surface area contributed by atoms with Crippen LogP contribution < -0.4 is 5.73 Å². The van der Waals surface area contributed by atoms with Gasteiger partial charge in [-0.15, -0.1) is 0 Å². The third-order valence-electron chi connectivity index (χ3n) is 1.46. The summed E-state index contributed by atoms with van der Waals surface area (Å²) in [7, 11) is 0. The maximum Gasteiger partial charge on any atom is 0.407 e. The van der Waals surface area contributed by atoms with E-state index >= 15 is 0 Å². The molecule has 2 nitrogen and oxygen atoms in total. The monoisotopic (exact) mass is 254 g/mol. The summed E-state index contributed by atoms with van der Waals surface area (Å²) in [6.45, 7) is 0. The van der Waals surface area contributed by atoms with Crippen molar-refractivity contribution < 1.29 is 13.2 Å². The molecule has 13 heavy (non-hydrogen) atoms. The number of hydrogen-bond acceptors (Lipinski definition) is 2. The van der Waals surface area contributed by atoms with Crippen LogP contribution in [-0.4, -0.2) is 11.2 Å². The third kappa shape index (κ3) is 2.67. The molecule has 2 N–H and O–H groups in total. The predicted octanol–water partition coefficient (Wildman–Crippen LogP) is 2.41. The number of alkyl halides is 3. The lowest BCUT2D eigenvalue weighted by Gasteiger charge is -2.14. The summed E-state index contributed by atoms with van der Waals surface area (Å²) in [5.74, 6) is 0. The van der Waals surface area contributed by atoms with E-state index in [1.807, 2.05) is 0 Å². The first-order valence-corrected chi connectivity index (χ1v) is 4.14. The van der Waals surface area contributed by atoms with Crippen molar-refractivity contribution in [1.82, 2.24) is 4.98 Å². The molecule has 72 valence electrons. The van der Waals surface area contributed by atoms with Crippen LogP contribution in [0.25, 0.3) is 0 Å². The molecule has 0 fully saturated rings. The van der Waals surface area contributed by atoms with Gasteiger partial charge in [-0.25, -0.2) is 4.98 Å². The molecular formula is C7H6BrF3N2. The van der Waals surface area contributed by atoms with Crippen LogP contribution in [0.3, 0.4) is 0 Å². The fourth-order valence-corrected chi connectivity index (χ4v) is 0.995. The van der Waals surface area contributed by atoms with Crippen LogP contribution in [0.5, 0.6) is 0 Å². The van der Waals surface area contributed by atoms with Gasteiger partial charge in [-0.1, -0.05) is 6.07 Å². The molecular weight excluding hydrogens is 249 g/mol. The summed E-state index contributed by atoms with van der Waals surface area (Å²) in [6, 6.07) is 0.740. The number of hydrogen-bond donors (Lipinski definition) is 1. The fourth-order valence-electron chi connectivity index (χ4n) is 0.760. The number of rotatable bonds is 1. The molecule has 0 bridgehead atoms. The minimum atomic E-state index is -4.42. The van der Waals surface area contributed by atoms with Crippen LogP contribution in [0.15, 0.2) is 22.9 Å². The Morgan fingerprint density at radius 1 is 1.38 bits per heavy atom. The molecule has 0 radical (unpaired) electrons. The molecule has 1 aromatic rings. The summed E-state index contributed by atoms with van der Waals surface area (Å²) in [5.41, 5.74) is 4.90. The Morgan fingerprint density at radius 2 is 2.00 bits per heavy atom. The minimum absolute atomic E-state index is 0.0456. The highest BCUT2D eigenvalue weighted by molar-refractivity contribution is 9.10. The van der Waals surface area contributed by atoms with Crippen molar-refractivity contribution in [2.75, 3.05) is 0 Å². The summed E-state index contributed by atoms with van der Waals surface area (Å²) in [4.78, 5) is 3.65. The molecule has 0 unspecified atom stereocenters. The Bertz CT molecular complexity index is 283. The topological polar surface area (TPSA) is 38.9 Å². The lowest BCUT2D eigenvalue weighted by Crippen LogP contribution is -2.28. The fraction of sp³-hybridized carbons (Fsp3) is 0.286. The SMILES string of the molecule is N[C@@H](c1ccc(Br)nc1)C(F)(F)F. The van der Waals surface area contributed by atoms with E-state index in [2.05, 4.69) is 20.9 Å². The smallest absolute Gasteiger partial charge is 0.316 e. The van der Waals surface area contributed by atoms with Gasteiger partial charge in [0.2, 0.25) is 0 Å². The zero-order valence-electron chi connectivity index (χ0n) is 6.35. The number of nitrogens with two attached hydrogens (primary N) is 1. The lowest BCUT2D eigenvalue weighted by molar-refractivity contribution is -0.149. The second-order valence-corrected chi connectivity index (χ2v) is 3.25. The van der Waals surface area contributed by atoms with Crippen molar-refractivity contribution in [1.29, 1.82) is 0 Å². The molecule has 0 saturated carbocycles. The van der Waals surface area contributed by atoms with Crippen LogP contribution in [0, 0.1) is 0 Å². The van der Waals surface area contributed by atoms with Crippen molar-refractivity contribution in [2.45, 2.75) is 12.2 Å². The molecule has 1 atom stereocenters. The summed E-state index contributed by atoms with van der Waals surface area (Å²) in [6.07, 6.45) is -3.32. The zero-order valence-corrected chi connectivity index (χ0v) is 7.93. The maximum absolute atomic E-state index is 12.1. The molecule has 0 aromatic carbocycles. The molecule has 1 heterocycles. The van der Waals surface area contributed by atoms with E-state index in [4.69, 9.17) is 5.73 Å². The van der Waals surface area contributed by atoms with Crippen LogP contribution in [-0.2, 0) is 0 Å². The van der Waals surface area contributed by atoms with Crippen LogP contribution >= 0.6 is 15.9 Å². The number of aromatic nitrogens is 1. The van der Waals surface area contributed by atoms with Gasteiger partial charge in [-0.2, -0.15) is 13.2 Å². The van der Waals surface area contributed by atoms with Crippen molar-refractivity contribution in [3.8, 4) is 0 Å². The highest BCUT2D eigenvalue weighted by atomic mass is 79.9. The molecule has 0 aliphatic rings. The van der Waals surface area contributed by atoms with Gasteiger partial charge in [-0.3, -0.25) is 0 Å². The van der Waals surface area contributed by atoms with Gasteiger partial charge in [0.1, 0.15) is 10.6 Å². The molecule has 1 aromatic heterocycles. The Kier molecular flexibility index (Phi) is 2.92. The standard InChI is InChI=1S/C7H6BrF3N2/c8-5-2-1-4(3-13-5)6(12)7(9,10)11/h1-3,6H,12H2/t6-/m0/s1. The van der Waals surface area contributed by atoms with E-state index in [9.17, 15) is 13.2 Å². The largest absolute Gasteiger partial charge is 0.407 e. The first-order valence-electron chi connectivity index (χ1n) is 3.35. The highest BCUT2D eigenvalue weighted by Gasteiger charge is 2.37. The van der Waals surface area contributed by atoms with E-state index in [1.54, 1.807) is 0 Å². The predicted molar refractivity (Wildman–Crippen MR) is 44.9 cm³/mol.